The molecule has 5 aromatic carbocycles. The number of nitrogens with two attached hydrogens (primary N) is 1. The van der Waals surface area contributed by atoms with Crippen LogP contribution in [0, 0.1) is 38.2 Å². The van der Waals surface area contributed by atoms with Crippen LogP contribution in [0.1, 0.15) is 172 Å². The molecule has 33 heteroatoms. The van der Waals surface area contributed by atoms with Crippen molar-refractivity contribution >= 4 is 47.4 Å². The van der Waals surface area contributed by atoms with E-state index in [1.807, 2.05) is 24.3 Å². The van der Waals surface area contributed by atoms with E-state index in [-0.39, 0.29) is 102 Å². The number of benzene rings is 5. The molecule has 504 valence electrons. The maximum absolute atomic E-state index is 13.5. The molecule has 2 aliphatic carbocycles. The molecular formula is C66H59F3N20O10. The zero-order valence-electron chi connectivity index (χ0n) is 53.0. The van der Waals surface area contributed by atoms with Gasteiger partial charge in [-0.25, -0.2) is 52.7 Å². The number of carboxylic acids is 1. The van der Waals surface area contributed by atoms with Gasteiger partial charge >= 0.3 is 11.9 Å². The summed E-state index contributed by atoms with van der Waals surface area (Å²) < 4.78 is 47.7. The van der Waals surface area contributed by atoms with Crippen molar-refractivity contribution in [3.05, 3.63) is 247 Å². The number of nitrogens with zero attached hydrogens (tertiary/aromatic N) is 14. The van der Waals surface area contributed by atoms with Gasteiger partial charge in [0.15, 0.2) is 5.69 Å². The number of hydrogen-bond acceptors (Lipinski definition) is 21. The molecule has 0 aliphatic heterocycles. The Kier molecular flexibility index (Phi) is 21.6. The summed E-state index contributed by atoms with van der Waals surface area (Å²) in [6, 6.07) is 27.8. The molecule has 0 saturated heterocycles. The summed E-state index contributed by atoms with van der Waals surface area (Å²) in [5.74, 6) is -6.05. The van der Waals surface area contributed by atoms with Crippen LogP contribution in [0.5, 0.6) is 0 Å². The van der Waals surface area contributed by atoms with Crippen molar-refractivity contribution in [1.82, 2.24) is 96.9 Å². The highest BCUT2D eigenvalue weighted by Crippen LogP contribution is 2.34. The molecule has 5 heterocycles. The largest absolute Gasteiger partial charge is 0.477 e. The van der Waals surface area contributed by atoms with Crippen molar-refractivity contribution in [2.45, 2.75) is 85.1 Å². The molecular weight excluding hydrogens is 1290 g/mol. The van der Waals surface area contributed by atoms with E-state index >= 15 is 0 Å². The number of hydrogen-bond donors (Lipinski definition) is 7. The van der Waals surface area contributed by atoms with Crippen molar-refractivity contribution in [2.24, 2.45) is 5.73 Å². The fraction of sp³-hybridized carbons (Fsp3) is 0.212. The second-order valence-corrected chi connectivity index (χ2v) is 22.3. The maximum Gasteiger partial charge on any atom is 0.378 e. The van der Waals surface area contributed by atoms with Crippen molar-refractivity contribution < 1.29 is 61.4 Å². The van der Waals surface area contributed by atoms with E-state index in [1.165, 1.54) is 39.7 Å². The monoisotopic (exact) mass is 1350 g/mol. The number of aryl methyl sites for hydroxylation is 5. The van der Waals surface area contributed by atoms with Gasteiger partial charge in [0.05, 0.1) is 30.1 Å². The predicted molar refractivity (Wildman–Crippen MR) is 340 cm³/mol. The maximum atomic E-state index is 13.5. The Hall–Kier alpha value is -13.0. The molecule has 0 radical (unpaired) electrons. The van der Waals surface area contributed by atoms with E-state index in [4.69, 9.17) is 15.6 Å². The number of rotatable bonds is 19. The molecule has 8 N–H and O–H groups in total. The molecule has 12 rings (SSSR count). The lowest BCUT2D eigenvalue weighted by Gasteiger charge is -2.14. The smallest absolute Gasteiger partial charge is 0.378 e. The van der Waals surface area contributed by atoms with E-state index < -0.39 is 47.4 Å². The summed E-state index contributed by atoms with van der Waals surface area (Å²) in [4.78, 5) is 121. The van der Waals surface area contributed by atoms with E-state index in [0.717, 1.165) is 64.0 Å². The molecule has 0 bridgehead atoms. The number of esters is 1. The molecule has 99 heavy (non-hydrogen) atoms. The Morgan fingerprint density at radius 1 is 0.495 bits per heavy atom. The Balaban J connectivity index is 0.000000169. The fourth-order valence-electron chi connectivity index (χ4n) is 10.5. The number of primary amides is 1. The van der Waals surface area contributed by atoms with Crippen molar-refractivity contribution in [3.8, 4) is 11.4 Å². The number of carbonyl (C=O) groups is 8. The van der Waals surface area contributed by atoms with Gasteiger partial charge in [-0.2, -0.15) is 9.36 Å². The van der Waals surface area contributed by atoms with Crippen molar-refractivity contribution in [2.75, 3.05) is 6.61 Å². The van der Waals surface area contributed by atoms with Crippen LogP contribution in [0.3, 0.4) is 0 Å². The third-order valence-electron chi connectivity index (χ3n) is 15.5. The summed E-state index contributed by atoms with van der Waals surface area (Å²) in [6.45, 7) is 7.36. The van der Waals surface area contributed by atoms with Crippen LogP contribution in [-0.2, 0) is 37.2 Å². The first kappa shape index (κ1) is 68.9. The van der Waals surface area contributed by atoms with E-state index in [1.54, 1.807) is 76.2 Å². The number of carboxylic acid groups (broad SMARTS) is 1. The van der Waals surface area contributed by atoms with Crippen molar-refractivity contribution in [3.63, 3.8) is 0 Å². The van der Waals surface area contributed by atoms with Gasteiger partial charge < -0.3 is 42.2 Å². The molecule has 0 fully saturated rings. The predicted octanol–water partition coefficient (Wildman–Crippen LogP) is 5.32. The Labute approximate surface area is 559 Å². The fourth-order valence-corrected chi connectivity index (χ4v) is 10.5. The lowest BCUT2D eigenvalue weighted by atomic mass is 10.1. The second kappa shape index (κ2) is 31.1. The molecule has 2 atom stereocenters. The minimum absolute atomic E-state index is 0.0268. The van der Waals surface area contributed by atoms with Gasteiger partial charge in [-0.05, 0) is 172 Å². The molecule has 5 aromatic heterocycles. The van der Waals surface area contributed by atoms with Crippen LogP contribution in [-0.4, -0.2) is 129 Å². The number of aromatic nitrogens is 14. The van der Waals surface area contributed by atoms with Gasteiger partial charge in [0.1, 0.15) is 64.9 Å². The van der Waals surface area contributed by atoms with Gasteiger partial charge in [-0.15, -0.1) is 10.2 Å². The van der Waals surface area contributed by atoms with Crippen LogP contribution in [0.4, 0.5) is 13.2 Å². The highest BCUT2D eigenvalue weighted by molar-refractivity contribution is 5.99. The van der Waals surface area contributed by atoms with Crippen LogP contribution in [0.25, 0.3) is 11.4 Å². The Morgan fingerprint density at radius 3 is 1.23 bits per heavy atom. The zero-order chi connectivity index (χ0) is 70.4. The quantitative estimate of drug-likeness (QED) is 0.0503. The standard InChI is InChI=1S/C27H25FN8O4.C25H22FN9O3.C14H12FN3O3/c1-3-40-27(39)24-33-34-35-36(24)18-6-7-19-17(11-18)5-9-21(19)32-26(38)23-12-22(30-14-31-23)25(37)29-13-16-4-8-20(28)15(2)10-16;1-13-8-14(2-6-18(13)26)11-28-24(37)20-10-21(30-12-29-20)25(38)31-19-7-3-15-9-16(4-5-17(15)19)35-23(22(27)36)32-33-34-35;1-8-4-9(2-3-10(8)15)6-16-13(19)11-5-12(14(20)21)18-7-17-11/h4,6-8,10-12,14,21H,3,5,9,13H2,1-2H3,(H,29,37)(H,32,38);2,4-6,8-10,12,19H,3,7,11H2,1H3,(H2,27,36)(H,28,37)(H,31,38);2-5,7H,6H2,1H3,(H,16,19)(H,20,21)/t21-;19-;/m00./s1. The van der Waals surface area contributed by atoms with Crippen LogP contribution < -0.4 is 32.3 Å². The highest BCUT2D eigenvalue weighted by Gasteiger charge is 2.29. The SMILES string of the molecule is CCOC(=O)c1nnnn1-c1ccc2c(c1)CC[C@@H]2NC(=O)c1cc(C(=O)NCc2ccc(F)c(C)c2)ncn1.Cc1cc(CNC(=O)c2cc(C(=O)N[C@H]3CCc4cc(-n5nnnc5C(N)=O)ccc43)ncn2)ccc1F.Cc1cc(CNC(=O)c2cc(C(=O)O)ncn2)ccc1F. The first-order chi connectivity index (χ1) is 47.6. The summed E-state index contributed by atoms with van der Waals surface area (Å²) >= 11 is 0. The topological polar surface area (TPSA) is 417 Å². The number of amides is 6. The molecule has 0 unspecified atom stereocenters. The summed E-state index contributed by atoms with van der Waals surface area (Å²) in [5.41, 5.74) is 13.8. The first-order valence-electron chi connectivity index (χ1n) is 30.3. The molecule has 2 aliphatic rings. The highest BCUT2D eigenvalue weighted by atomic mass is 19.1. The normalized spacial score (nSPS) is 13.2. The van der Waals surface area contributed by atoms with Crippen LogP contribution in [0.2, 0.25) is 0 Å². The molecule has 0 spiro atoms. The molecule has 30 nitrogen and oxygen atoms in total. The van der Waals surface area contributed by atoms with E-state index in [2.05, 4.69) is 87.5 Å². The molecule has 6 amide bonds. The lowest BCUT2D eigenvalue weighted by molar-refractivity contribution is 0.0507. The Morgan fingerprint density at radius 2 is 0.859 bits per heavy atom. The number of tetrazole rings is 2. The van der Waals surface area contributed by atoms with Gasteiger partial charge in [0.25, 0.3) is 41.3 Å². The minimum atomic E-state index is -1.24. The van der Waals surface area contributed by atoms with Crippen molar-refractivity contribution in [1.29, 1.82) is 0 Å². The average molecular weight is 1350 g/mol. The lowest BCUT2D eigenvalue weighted by Crippen LogP contribution is -2.29. The first-order valence-corrected chi connectivity index (χ1v) is 30.3. The number of halogens is 3. The summed E-state index contributed by atoms with van der Waals surface area (Å²) in [6.07, 6.45) is 6.00. The van der Waals surface area contributed by atoms with E-state index in [9.17, 15) is 51.5 Å². The average Bonchev–Trinajstić information content (AvgIpc) is 1.66. The molecule has 0 saturated carbocycles. The van der Waals surface area contributed by atoms with Gasteiger partial charge in [0.2, 0.25) is 5.82 Å². The van der Waals surface area contributed by atoms with Gasteiger partial charge in [-0.1, -0.05) is 48.5 Å². The number of nitrogens with one attached hydrogen (secondary N) is 5. The van der Waals surface area contributed by atoms with Crippen LogP contribution in [0.15, 0.2) is 128 Å². The number of ether oxygens (including phenoxy) is 1. The zero-order valence-corrected chi connectivity index (χ0v) is 53.0. The van der Waals surface area contributed by atoms with E-state index in [0.29, 0.717) is 53.7 Å². The number of carbonyl (C=O) groups excluding carboxylic acids is 7. The van der Waals surface area contributed by atoms with Crippen LogP contribution >= 0.6 is 0 Å². The minimum Gasteiger partial charge on any atom is -0.477 e. The summed E-state index contributed by atoms with van der Waals surface area (Å²) in [5, 5.41) is 45.0. The molecule has 10 aromatic rings. The number of aromatic carboxylic acids is 1. The number of fused-ring (bicyclic) bond motifs is 2. The van der Waals surface area contributed by atoms with Gasteiger partial charge in [0, 0.05) is 37.8 Å². The van der Waals surface area contributed by atoms with Gasteiger partial charge in [-0.3, -0.25) is 28.8 Å². The summed E-state index contributed by atoms with van der Waals surface area (Å²) in [7, 11) is 0. The second-order valence-electron chi connectivity index (χ2n) is 22.3. The third-order valence-corrected chi connectivity index (χ3v) is 15.5. The third kappa shape index (κ3) is 16.9. The Bertz CT molecular complexity index is 4780.